The van der Waals surface area contributed by atoms with Gasteiger partial charge >= 0.3 is 0 Å². The largest absolute Gasteiger partial charge is 0.384 e. The van der Waals surface area contributed by atoms with E-state index in [4.69, 9.17) is 10.5 Å². The van der Waals surface area contributed by atoms with Crippen LogP contribution in [0.5, 0.6) is 0 Å². The maximum atomic E-state index is 11.1. The van der Waals surface area contributed by atoms with Crippen molar-refractivity contribution in [3.05, 3.63) is 28.3 Å². The van der Waals surface area contributed by atoms with Crippen molar-refractivity contribution in [1.29, 1.82) is 0 Å². The highest BCUT2D eigenvalue weighted by Crippen LogP contribution is 2.31. The number of morpholine rings is 1. The topological polar surface area (TPSA) is 93.7 Å². The third-order valence-corrected chi connectivity index (χ3v) is 3.00. The van der Waals surface area contributed by atoms with Crippen molar-refractivity contribution in [3.63, 3.8) is 0 Å². The van der Waals surface area contributed by atoms with E-state index < -0.39 is 0 Å². The molecule has 0 aromatic heterocycles. The molecule has 1 aromatic carbocycles. The number of hydrogen-bond donors (Lipinski definition) is 2. The minimum atomic E-state index is -0.350. The number of nitrogens with one attached hydrogen (secondary N) is 1. The minimum absolute atomic E-state index is 0.125. The third kappa shape index (κ3) is 3.33. The lowest BCUT2D eigenvalue weighted by Gasteiger charge is -2.28. The number of benzene rings is 1. The number of rotatable bonds is 5. The predicted molar refractivity (Wildman–Crippen MR) is 73.7 cm³/mol. The number of hydrogen-bond acceptors (Lipinski definition) is 6. The highest BCUT2D eigenvalue weighted by atomic mass is 16.6. The summed E-state index contributed by atoms with van der Waals surface area (Å²) in [6.45, 7) is 3.68. The highest BCUT2D eigenvalue weighted by molar-refractivity contribution is 5.70. The first-order valence-corrected chi connectivity index (χ1v) is 6.27. The van der Waals surface area contributed by atoms with E-state index in [-0.39, 0.29) is 10.6 Å². The molecule has 0 spiro atoms. The van der Waals surface area contributed by atoms with Crippen LogP contribution in [0, 0.1) is 10.1 Å². The van der Waals surface area contributed by atoms with Crippen molar-refractivity contribution in [3.8, 4) is 0 Å². The Morgan fingerprint density at radius 2 is 2.16 bits per heavy atom. The van der Waals surface area contributed by atoms with Crippen molar-refractivity contribution < 1.29 is 9.66 Å². The Bertz CT molecular complexity index is 447. The van der Waals surface area contributed by atoms with Gasteiger partial charge in [-0.1, -0.05) is 0 Å². The molecule has 1 heterocycles. The second-order valence-electron chi connectivity index (χ2n) is 4.28. The molecule has 0 aliphatic carbocycles. The van der Waals surface area contributed by atoms with Crippen molar-refractivity contribution in [2.75, 3.05) is 49.6 Å². The van der Waals surface area contributed by atoms with Gasteiger partial charge in [0.25, 0.3) is 5.69 Å². The van der Waals surface area contributed by atoms with Crippen LogP contribution in [-0.2, 0) is 4.74 Å². The number of nitro groups is 1. The van der Waals surface area contributed by atoms with Crippen LogP contribution in [0.3, 0.4) is 0 Å². The third-order valence-electron chi connectivity index (χ3n) is 3.00. The molecule has 1 fully saturated rings. The van der Waals surface area contributed by atoms with Crippen molar-refractivity contribution in [2.24, 2.45) is 5.73 Å². The summed E-state index contributed by atoms with van der Waals surface area (Å²) in [4.78, 5) is 12.7. The Morgan fingerprint density at radius 3 is 2.79 bits per heavy atom. The zero-order valence-electron chi connectivity index (χ0n) is 10.7. The molecule has 1 saturated heterocycles. The van der Waals surface area contributed by atoms with E-state index in [1.165, 1.54) is 6.07 Å². The fourth-order valence-electron chi connectivity index (χ4n) is 2.06. The second-order valence-corrected chi connectivity index (χ2v) is 4.28. The van der Waals surface area contributed by atoms with E-state index in [1.54, 1.807) is 12.1 Å². The molecule has 19 heavy (non-hydrogen) atoms. The number of nitrogens with zero attached hydrogens (tertiary/aromatic N) is 2. The summed E-state index contributed by atoms with van der Waals surface area (Å²) < 4.78 is 5.27. The van der Waals surface area contributed by atoms with E-state index in [2.05, 4.69) is 5.32 Å². The molecule has 1 aromatic rings. The van der Waals surface area contributed by atoms with Gasteiger partial charge in [-0.15, -0.1) is 0 Å². The summed E-state index contributed by atoms with van der Waals surface area (Å²) in [6.07, 6.45) is 0. The molecular formula is C12H18N4O3. The van der Waals surface area contributed by atoms with Crippen LogP contribution in [-0.4, -0.2) is 44.3 Å². The number of anilines is 2. The first-order valence-electron chi connectivity index (χ1n) is 6.27. The van der Waals surface area contributed by atoms with Crippen LogP contribution in [0.15, 0.2) is 18.2 Å². The number of ether oxygens (including phenoxy) is 1. The summed E-state index contributed by atoms with van der Waals surface area (Å²) in [5.74, 6) is 0. The average molecular weight is 266 g/mol. The molecule has 104 valence electrons. The minimum Gasteiger partial charge on any atom is -0.384 e. The first kappa shape index (κ1) is 13.6. The SMILES string of the molecule is NCCNc1ccc([N+](=O)[O-])c(N2CCOCC2)c1. The molecule has 0 atom stereocenters. The molecule has 0 unspecified atom stereocenters. The molecule has 0 saturated carbocycles. The lowest BCUT2D eigenvalue weighted by atomic mass is 10.2. The number of nitrogens with two attached hydrogens (primary N) is 1. The smallest absolute Gasteiger partial charge is 0.292 e. The van der Waals surface area contributed by atoms with Gasteiger partial charge in [0.05, 0.1) is 18.1 Å². The Hall–Kier alpha value is -1.86. The summed E-state index contributed by atoms with van der Waals surface area (Å²) in [6, 6.07) is 5.04. The normalized spacial score (nSPS) is 15.3. The Balaban J connectivity index is 2.27. The average Bonchev–Trinajstić information content (AvgIpc) is 2.45. The van der Waals surface area contributed by atoms with Gasteiger partial charge in [-0.05, 0) is 12.1 Å². The standard InChI is InChI=1S/C12H18N4O3/c13-3-4-14-10-1-2-11(16(17)18)12(9-10)15-5-7-19-8-6-15/h1-2,9,14H,3-8,13H2. The monoisotopic (exact) mass is 266 g/mol. The van der Waals surface area contributed by atoms with Crippen LogP contribution >= 0.6 is 0 Å². The van der Waals surface area contributed by atoms with Gasteiger partial charge in [0.2, 0.25) is 0 Å². The number of nitro benzene ring substituents is 1. The lowest BCUT2D eigenvalue weighted by molar-refractivity contribution is -0.384. The van der Waals surface area contributed by atoms with E-state index >= 15 is 0 Å². The molecular weight excluding hydrogens is 248 g/mol. The quantitative estimate of drug-likeness (QED) is 0.605. The van der Waals surface area contributed by atoms with Crippen molar-refractivity contribution >= 4 is 17.1 Å². The van der Waals surface area contributed by atoms with Gasteiger partial charge in [-0.25, -0.2) is 0 Å². The van der Waals surface area contributed by atoms with Crippen LogP contribution < -0.4 is 16.0 Å². The lowest BCUT2D eigenvalue weighted by Crippen LogP contribution is -2.36. The molecule has 1 aliphatic heterocycles. The fourth-order valence-corrected chi connectivity index (χ4v) is 2.06. The predicted octanol–water partition coefficient (Wildman–Crippen LogP) is 0.802. The van der Waals surface area contributed by atoms with Gasteiger partial charge in [0, 0.05) is 37.9 Å². The van der Waals surface area contributed by atoms with Gasteiger partial charge in [-0.2, -0.15) is 0 Å². The molecule has 0 radical (unpaired) electrons. The summed E-state index contributed by atoms with van der Waals surface area (Å²) in [5, 5.41) is 14.2. The molecule has 1 aliphatic rings. The Morgan fingerprint density at radius 1 is 1.42 bits per heavy atom. The summed E-state index contributed by atoms with van der Waals surface area (Å²) in [5.41, 5.74) is 7.04. The zero-order valence-corrected chi connectivity index (χ0v) is 10.7. The van der Waals surface area contributed by atoms with E-state index in [0.717, 1.165) is 5.69 Å². The zero-order chi connectivity index (χ0) is 13.7. The van der Waals surface area contributed by atoms with Gasteiger partial charge in [-0.3, -0.25) is 10.1 Å². The molecule has 7 heteroatoms. The van der Waals surface area contributed by atoms with Crippen molar-refractivity contribution in [1.82, 2.24) is 0 Å². The van der Waals surface area contributed by atoms with E-state index in [0.29, 0.717) is 45.1 Å². The maximum Gasteiger partial charge on any atom is 0.292 e. The summed E-state index contributed by atoms with van der Waals surface area (Å²) in [7, 11) is 0. The van der Waals surface area contributed by atoms with E-state index in [9.17, 15) is 10.1 Å². The molecule has 7 nitrogen and oxygen atoms in total. The second kappa shape index (κ2) is 6.35. The summed E-state index contributed by atoms with van der Waals surface area (Å²) >= 11 is 0. The maximum absolute atomic E-state index is 11.1. The van der Waals surface area contributed by atoms with Crippen LogP contribution in [0.1, 0.15) is 0 Å². The van der Waals surface area contributed by atoms with Gasteiger partial charge in [0.1, 0.15) is 5.69 Å². The van der Waals surface area contributed by atoms with Crippen LogP contribution in [0.25, 0.3) is 0 Å². The molecule has 0 amide bonds. The molecule has 3 N–H and O–H groups in total. The Kier molecular flexibility index (Phi) is 4.53. The van der Waals surface area contributed by atoms with Gasteiger partial charge < -0.3 is 20.7 Å². The van der Waals surface area contributed by atoms with Crippen molar-refractivity contribution in [2.45, 2.75) is 0 Å². The van der Waals surface area contributed by atoms with Crippen LogP contribution in [0.4, 0.5) is 17.1 Å². The fraction of sp³-hybridized carbons (Fsp3) is 0.500. The van der Waals surface area contributed by atoms with Gasteiger partial charge in [0.15, 0.2) is 0 Å². The Labute approximate surface area is 111 Å². The van der Waals surface area contributed by atoms with E-state index in [1.807, 2.05) is 4.90 Å². The molecule has 0 bridgehead atoms. The van der Waals surface area contributed by atoms with Crippen LogP contribution in [0.2, 0.25) is 0 Å². The molecule has 2 rings (SSSR count). The highest BCUT2D eigenvalue weighted by Gasteiger charge is 2.21. The first-order chi connectivity index (χ1) is 9.22.